The van der Waals surface area contributed by atoms with Crippen molar-refractivity contribution in [2.24, 2.45) is 5.73 Å². The third-order valence-corrected chi connectivity index (χ3v) is 2.44. The summed E-state index contributed by atoms with van der Waals surface area (Å²) in [5, 5.41) is 7.12. The summed E-state index contributed by atoms with van der Waals surface area (Å²) in [5.41, 5.74) is 4.95. The van der Waals surface area contributed by atoms with E-state index in [1.807, 2.05) is 18.2 Å². The number of alkyl halides is 4. The van der Waals surface area contributed by atoms with Crippen LogP contribution < -0.4 is 5.73 Å². The lowest BCUT2D eigenvalue weighted by Gasteiger charge is -2.04. The van der Waals surface area contributed by atoms with Gasteiger partial charge in [-0.3, -0.25) is 0 Å². The van der Waals surface area contributed by atoms with Crippen LogP contribution in [0.5, 0.6) is 0 Å². The van der Waals surface area contributed by atoms with Crippen LogP contribution in [0.25, 0.3) is 0 Å². The highest BCUT2D eigenvalue weighted by Gasteiger charge is 2.54. The molecule has 0 radical (unpaired) electrons. The van der Waals surface area contributed by atoms with E-state index < -0.39 is 17.8 Å². The van der Waals surface area contributed by atoms with Gasteiger partial charge in [-0.1, -0.05) is 30.3 Å². The first-order valence-electron chi connectivity index (χ1n) is 4.98. The number of carboxylic acid groups (broad SMARTS) is 1. The van der Waals surface area contributed by atoms with E-state index in [1.165, 1.54) is 0 Å². The van der Waals surface area contributed by atoms with Crippen LogP contribution in [0.1, 0.15) is 12.0 Å². The number of rotatable bonds is 1. The van der Waals surface area contributed by atoms with Gasteiger partial charge in [0.1, 0.15) is 0 Å². The molecule has 0 heterocycles. The van der Waals surface area contributed by atoms with Crippen molar-refractivity contribution in [1.82, 2.24) is 0 Å². The Labute approximate surface area is 100 Å². The molecule has 0 saturated heterocycles. The summed E-state index contributed by atoms with van der Waals surface area (Å²) in [6.45, 7) is 0. The molecule has 1 aliphatic rings. The summed E-state index contributed by atoms with van der Waals surface area (Å²) in [6, 6.07) is 8.83. The van der Waals surface area contributed by atoms with E-state index in [2.05, 4.69) is 0 Å². The predicted molar refractivity (Wildman–Crippen MR) is 55.5 cm³/mol. The average molecular weight is 265 g/mol. The van der Waals surface area contributed by atoms with Crippen molar-refractivity contribution in [2.45, 2.75) is 24.3 Å². The van der Waals surface area contributed by atoms with E-state index in [0.29, 0.717) is 12.0 Å². The molecule has 1 saturated carbocycles. The standard InChI is InChI=1S/C9H10FN.C2HF3O2/c10-9(6-8(9)11)7-4-2-1-3-5-7;3-2(4,5)1(6)7/h1-5,8H,6,11H2;(H,6,7)/t8-,9-;/m0./s1. The Morgan fingerprint density at radius 2 is 1.72 bits per heavy atom. The second kappa shape index (κ2) is 4.93. The zero-order valence-electron chi connectivity index (χ0n) is 9.12. The fourth-order valence-electron chi connectivity index (χ4n) is 1.31. The summed E-state index contributed by atoms with van der Waals surface area (Å²) in [6.07, 6.45) is -4.61. The summed E-state index contributed by atoms with van der Waals surface area (Å²) >= 11 is 0. The molecular formula is C11H11F4NO2. The molecule has 0 aliphatic heterocycles. The minimum atomic E-state index is -5.08. The van der Waals surface area contributed by atoms with Crippen LogP contribution in [-0.2, 0) is 10.5 Å². The Morgan fingerprint density at radius 1 is 1.33 bits per heavy atom. The van der Waals surface area contributed by atoms with Gasteiger partial charge in [0.15, 0.2) is 5.67 Å². The zero-order chi connectivity index (χ0) is 14.0. The predicted octanol–water partition coefficient (Wildman–Crippen LogP) is 2.22. The summed E-state index contributed by atoms with van der Waals surface area (Å²) < 4.78 is 45.2. The maximum Gasteiger partial charge on any atom is 0.490 e. The second-order valence-electron chi connectivity index (χ2n) is 3.84. The fraction of sp³-hybridized carbons (Fsp3) is 0.364. The Hall–Kier alpha value is -1.63. The maximum atomic E-state index is 13.5. The first kappa shape index (κ1) is 14.4. The lowest BCUT2D eigenvalue weighted by molar-refractivity contribution is -0.192. The lowest BCUT2D eigenvalue weighted by atomic mass is 10.1. The van der Waals surface area contributed by atoms with Gasteiger partial charge < -0.3 is 10.8 Å². The third kappa shape index (κ3) is 3.43. The first-order chi connectivity index (χ1) is 8.18. The van der Waals surface area contributed by atoms with Gasteiger partial charge in [0.25, 0.3) is 0 Å². The van der Waals surface area contributed by atoms with Crippen molar-refractivity contribution >= 4 is 5.97 Å². The van der Waals surface area contributed by atoms with Gasteiger partial charge >= 0.3 is 12.1 Å². The molecule has 100 valence electrons. The number of hydrogen-bond acceptors (Lipinski definition) is 2. The van der Waals surface area contributed by atoms with Crippen molar-refractivity contribution in [2.75, 3.05) is 0 Å². The molecule has 2 atom stereocenters. The average Bonchev–Trinajstić information content (AvgIpc) is 2.89. The monoisotopic (exact) mass is 265 g/mol. The Balaban J connectivity index is 0.000000203. The van der Waals surface area contributed by atoms with E-state index in [0.717, 1.165) is 0 Å². The molecule has 1 aliphatic carbocycles. The van der Waals surface area contributed by atoms with Crippen LogP contribution >= 0.6 is 0 Å². The highest BCUT2D eigenvalue weighted by Crippen LogP contribution is 2.48. The molecule has 7 heteroatoms. The van der Waals surface area contributed by atoms with Gasteiger partial charge in [0.05, 0.1) is 0 Å². The normalized spacial score (nSPS) is 25.9. The molecule has 2 rings (SSSR count). The quantitative estimate of drug-likeness (QED) is 0.765. The number of benzene rings is 1. The van der Waals surface area contributed by atoms with Crippen LogP contribution in [0, 0.1) is 0 Å². The largest absolute Gasteiger partial charge is 0.490 e. The molecule has 1 aromatic rings. The fourth-order valence-corrected chi connectivity index (χ4v) is 1.31. The molecular weight excluding hydrogens is 254 g/mol. The first-order valence-corrected chi connectivity index (χ1v) is 4.98. The Bertz CT molecular complexity index is 421. The number of hydrogen-bond donors (Lipinski definition) is 2. The van der Waals surface area contributed by atoms with Gasteiger partial charge in [-0.15, -0.1) is 0 Å². The number of halogens is 4. The van der Waals surface area contributed by atoms with Gasteiger partial charge in [-0.25, -0.2) is 9.18 Å². The molecule has 0 aromatic heterocycles. The van der Waals surface area contributed by atoms with Gasteiger partial charge in [-0.2, -0.15) is 13.2 Å². The summed E-state index contributed by atoms with van der Waals surface area (Å²) in [5.74, 6) is -2.76. The van der Waals surface area contributed by atoms with Crippen LogP contribution in [0.15, 0.2) is 30.3 Å². The third-order valence-electron chi connectivity index (χ3n) is 2.44. The minimum absolute atomic E-state index is 0.287. The van der Waals surface area contributed by atoms with Crippen LogP contribution in [0.3, 0.4) is 0 Å². The molecule has 1 fully saturated rings. The number of nitrogens with two attached hydrogens (primary N) is 1. The van der Waals surface area contributed by atoms with Crippen molar-refractivity contribution in [1.29, 1.82) is 0 Å². The Kier molecular flexibility index (Phi) is 3.95. The van der Waals surface area contributed by atoms with Crippen LogP contribution in [0.4, 0.5) is 17.6 Å². The van der Waals surface area contributed by atoms with Crippen molar-refractivity contribution in [3.63, 3.8) is 0 Å². The van der Waals surface area contributed by atoms with Crippen LogP contribution in [-0.4, -0.2) is 23.3 Å². The molecule has 0 unspecified atom stereocenters. The maximum absolute atomic E-state index is 13.5. The van der Waals surface area contributed by atoms with Gasteiger partial charge in [0, 0.05) is 12.5 Å². The highest BCUT2D eigenvalue weighted by atomic mass is 19.4. The van der Waals surface area contributed by atoms with E-state index in [1.54, 1.807) is 12.1 Å². The van der Waals surface area contributed by atoms with Crippen LogP contribution in [0.2, 0.25) is 0 Å². The molecule has 0 spiro atoms. The van der Waals surface area contributed by atoms with Gasteiger partial charge in [-0.05, 0) is 5.56 Å². The van der Waals surface area contributed by atoms with Crippen molar-refractivity contribution < 1.29 is 27.5 Å². The van der Waals surface area contributed by atoms with Gasteiger partial charge in [0.2, 0.25) is 0 Å². The number of aliphatic carboxylic acids is 1. The summed E-state index contributed by atoms with van der Waals surface area (Å²) in [7, 11) is 0. The lowest BCUT2D eigenvalue weighted by Crippen LogP contribution is -2.21. The molecule has 1 aromatic carbocycles. The van der Waals surface area contributed by atoms with Crippen molar-refractivity contribution in [3.05, 3.63) is 35.9 Å². The number of carboxylic acids is 1. The minimum Gasteiger partial charge on any atom is -0.475 e. The number of carbonyl (C=O) groups is 1. The second-order valence-corrected chi connectivity index (χ2v) is 3.84. The molecule has 18 heavy (non-hydrogen) atoms. The van der Waals surface area contributed by atoms with Crippen molar-refractivity contribution in [3.8, 4) is 0 Å². The molecule has 0 amide bonds. The molecule has 3 nitrogen and oxygen atoms in total. The van der Waals surface area contributed by atoms with E-state index >= 15 is 0 Å². The highest BCUT2D eigenvalue weighted by molar-refractivity contribution is 5.73. The smallest absolute Gasteiger partial charge is 0.475 e. The zero-order valence-corrected chi connectivity index (χ0v) is 9.12. The SMILES string of the molecule is N[C@H]1C[C@]1(F)c1ccccc1.O=C(O)C(F)(F)F. The Morgan fingerprint density at radius 3 is 2.00 bits per heavy atom. The van der Waals surface area contributed by atoms with E-state index in [4.69, 9.17) is 15.6 Å². The molecule has 3 N–H and O–H groups in total. The topological polar surface area (TPSA) is 63.3 Å². The summed E-state index contributed by atoms with van der Waals surface area (Å²) in [4.78, 5) is 8.90. The van der Waals surface area contributed by atoms with E-state index in [-0.39, 0.29) is 6.04 Å². The molecule has 0 bridgehead atoms. The van der Waals surface area contributed by atoms with E-state index in [9.17, 15) is 17.6 Å².